The first-order chi connectivity index (χ1) is 13.1. The number of carbonyl (C=O) groups is 1. The summed E-state index contributed by atoms with van der Waals surface area (Å²) in [5.41, 5.74) is 0.0588. The number of amides is 1. The highest BCUT2D eigenvalue weighted by Gasteiger charge is 2.38. The summed E-state index contributed by atoms with van der Waals surface area (Å²) in [7, 11) is 0. The Morgan fingerprint density at radius 2 is 2.04 bits per heavy atom. The van der Waals surface area contributed by atoms with Crippen LogP contribution in [-0.2, 0) is 11.0 Å². The summed E-state index contributed by atoms with van der Waals surface area (Å²) in [5, 5.41) is 9.85. The van der Waals surface area contributed by atoms with Crippen LogP contribution in [0.3, 0.4) is 0 Å². The third kappa shape index (κ3) is 4.39. The van der Waals surface area contributed by atoms with Crippen LogP contribution in [0.15, 0.2) is 28.7 Å². The zero-order valence-corrected chi connectivity index (χ0v) is 15.1. The zero-order chi connectivity index (χ0) is 20.5. The Morgan fingerprint density at radius 1 is 1.29 bits per heavy atom. The van der Waals surface area contributed by atoms with Gasteiger partial charge in [-0.3, -0.25) is 4.79 Å². The first-order valence-electron chi connectivity index (χ1n) is 7.26. The molecule has 0 atom stereocenters. The van der Waals surface area contributed by atoms with E-state index in [0.29, 0.717) is 11.8 Å². The van der Waals surface area contributed by atoms with Crippen molar-refractivity contribution in [1.29, 1.82) is 0 Å². The first kappa shape index (κ1) is 20.0. The molecule has 0 unspecified atom stereocenters. The van der Waals surface area contributed by atoms with E-state index in [2.05, 4.69) is 20.5 Å². The fourth-order valence-corrected chi connectivity index (χ4v) is 3.39. The van der Waals surface area contributed by atoms with Crippen LogP contribution in [0.1, 0.15) is 5.82 Å². The average Bonchev–Trinajstić information content (AvgIpc) is 3.21. The van der Waals surface area contributed by atoms with E-state index in [1.54, 1.807) is 0 Å². The van der Waals surface area contributed by atoms with Crippen molar-refractivity contribution in [3.63, 3.8) is 0 Å². The van der Waals surface area contributed by atoms with Crippen molar-refractivity contribution in [3.05, 3.63) is 41.0 Å². The Kier molecular flexibility index (Phi) is 5.51. The molecule has 3 rings (SSSR count). The van der Waals surface area contributed by atoms with Crippen molar-refractivity contribution in [3.8, 4) is 11.3 Å². The van der Waals surface area contributed by atoms with Crippen LogP contribution in [0, 0.1) is 11.6 Å². The van der Waals surface area contributed by atoms with Crippen LogP contribution in [0.2, 0.25) is 0 Å². The number of nitrogen functional groups attached to an aromatic ring is 1. The van der Waals surface area contributed by atoms with Crippen LogP contribution in [-0.4, -0.2) is 31.5 Å². The van der Waals surface area contributed by atoms with Crippen molar-refractivity contribution < 1.29 is 26.7 Å². The maximum atomic E-state index is 13.8. The van der Waals surface area contributed by atoms with Gasteiger partial charge in [-0.1, -0.05) is 11.8 Å². The number of carbonyl (C=O) groups excluding carboxylic acids is 1. The van der Waals surface area contributed by atoms with Crippen molar-refractivity contribution in [2.24, 2.45) is 0 Å². The smallest absolute Gasteiger partial charge is 0.335 e. The van der Waals surface area contributed by atoms with Gasteiger partial charge in [0.2, 0.25) is 11.1 Å². The standard InChI is InChI=1S/C14H9F5N6OS2/c15-6-1-2-8(16)7(3-6)9-4-27-12(21-9)22-10(26)5-28-13-24-23-11(25(13)20)14(17,18)19/h1-4H,5,20H2,(H,21,22,26). The van der Waals surface area contributed by atoms with Gasteiger partial charge >= 0.3 is 6.18 Å². The number of aromatic nitrogens is 4. The van der Waals surface area contributed by atoms with Crippen molar-refractivity contribution in [2.45, 2.75) is 11.3 Å². The molecule has 14 heteroatoms. The molecule has 0 saturated heterocycles. The van der Waals surface area contributed by atoms with Gasteiger partial charge in [-0.25, -0.2) is 18.4 Å². The number of anilines is 1. The van der Waals surface area contributed by atoms with Crippen molar-refractivity contribution in [1.82, 2.24) is 19.9 Å². The normalized spacial score (nSPS) is 11.6. The molecule has 0 bridgehead atoms. The molecule has 0 saturated carbocycles. The lowest BCUT2D eigenvalue weighted by atomic mass is 10.1. The summed E-state index contributed by atoms with van der Waals surface area (Å²) < 4.78 is 65.0. The number of benzene rings is 1. The molecule has 0 aliphatic rings. The van der Waals surface area contributed by atoms with Gasteiger partial charge < -0.3 is 11.2 Å². The summed E-state index contributed by atoms with van der Waals surface area (Å²) in [6.07, 6.45) is -4.77. The molecule has 7 nitrogen and oxygen atoms in total. The van der Waals surface area contributed by atoms with Crippen molar-refractivity contribution >= 4 is 34.1 Å². The predicted octanol–water partition coefficient (Wildman–Crippen LogP) is 3.14. The Hall–Kier alpha value is -2.74. The number of thioether (sulfide) groups is 1. The first-order valence-corrected chi connectivity index (χ1v) is 9.13. The maximum Gasteiger partial charge on any atom is 0.453 e. The average molecular weight is 436 g/mol. The Bertz CT molecular complexity index is 1020. The highest BCUT2D eigenvalue weighted by molar-refractivity contribution is 7.99. The Balaban J connectivity index is 1.63. The molecule has 0 aliphatic carbocycles. The van der Waals surface area contributed by atoms with Crippen LogP contribution >= 0.6 is 23.1 Å². The highest BCUT2D eigenvalue weighted by atomic mass is 32.2. The fraction of sp³-hybridized carbons (Fsp3) is 0.143. The number of rotatable bonds is 5. The Labute approximate surface area is 161 Å². The lowest BCUT2D eigenvalue weighted by Gasteiger charge is -2.05. The molecule has 2 heterocycles. The second kappa shape index (κ2) is 7.71. The number of nitrogens with two attached hydrogens (primary N) is 1. The summed E-state index contributed by atoms with van der Waals surface area (Å²) in [6, 6.07) is 2.89. The molecule has 3 N–H and O–H groups in total. The lowest BCUT2D eigenvalue weighted by Crippen LogP contribution is -2.22. The topological polar surface area (TPSA) is 98.7 Å². The number of hydrogen-bond donors (Lipinski definition) is 2. The molecule has 0 fully saturated rings. The minimum absolute atomic E-state index is 0.0676. The highest BCUT2D eigenvalue weighted by Crippen LogP contribution is 2.30. The van der Waals surface area contributed by atoms with E-state index in [4.69, 9.17) is 5.84 Å². The van der Waals surface area contributed by atoms with Gasteiger partial charge in [-0.15, -0.1) is 21.5 Å². The van der Waals surface area contributed by atoms with Gasteiger partial charge in [0.1, 0.15) is 11.6 Å². The third-order valence-corrected chi connectivity index (χ3v) is 4.91. The van der Waals surface area contributed by atoms with Gasteiger partial charge in [0.25, 0.3) is 5.82 Å². The molecule has 2 aromatic heterocycles. The molecule has 148 valence electrons. The van der Waals surface area contributed by atoms with Crippen LogP contribution in [0.25, 0.3) is 11.3 Å². The second-order valence-electron chi connectivity index (χ2n) is 5.17. The van der Waals surface area contributed by atoms with E-state index < -0.39 is 29.5 Å². The number of halogens is 5. The SMILES string of the molecule is Nn1c(SCC(=O)Nc2nc(-c3cc(F)ccc3F)cs2)nnc1C(F)(F)F. The Morgan fingerprint density at radius 3 is 2.71 bits per heavy atom. The number of alkyl halides is 3. The van der Waals surface area contributed by atoms with Gasteiger partial charge in [-0.2, -0.15) is 13.2 Å². The summed E-state index contributed by atoms with van der Waals surface area (Å²) in [6.45, 7) is 0. The predicted molar refractivity (Wildman–Crippen MR) is 92.0 cm³/mol. The van der Waals surface area contributed by atoms with Crippen LogP contribution < -0.4 is 11.2 Å². The van der Waals surface area contributed by atoms with Crippen LogP contribution in [0.4, 0.5) is 27.1 Å². The summed E-state index contributed by atoms with van der Waals surface area (Å²) in [4.78, 5) is 15.9. The van der Waals surface area contributed by atoms with E-state index >= 15 is 0 Å². The molecule has 1 aromatic carbocycles. The van der Waals surface area contributed by atoms with Gasteiger partial charge in [0, 0.05) is 10.9 Å². The fourth-order valence-electron chi connectivity index (χ4n) is 2.00. The van der Waals surface area contributed by atoms with E-state index in [1.807, 2.05) is 0 Å². The molecular weight excluding hydrogens is 427 g/mol. The molecule has 28 heavy (non-hydrogen) atoms. The molecular formula is C14H9F5N6OS2. The molecule has 0 aliphatic heterocycles. The third-order valence-electron chi connectivity index (χ3n) is 3.21. The molecule has 0 spiro atoms. The summed E-state index contributed by atoms with van der Waals surface area (Å²) >= 11 is 1.61. The maximum absolute atomic E-state index is 13.8. The lowest BCUT2D eigenvalue weighted by molar-refractivity contribution is -0.146. The zero-order valence-electron chi connectivity index (χ0n) is 13.5. The van der Waals surface area contributed by atoms with E-state index in [9.17, 15) is 26.7 Å². The minimum atomic E-state index is -4.77. The quantitative estimate of drug-likeness (QED) is 0.362. The van der Waals surface area contributed by atoms with E-state index in [1.165, 1.54) is 5.38 Å². The second-order valence-corrected chi connectivity index (χ2v) is 6.97. The summed E-state index contributed by atoms with van der Waals surface area (Å²) in [5.74, 6) is 1.62. The number of nitrogens with one attached hydrogen (secondary N) is 1. The monoisotopic (exact) mass is 436 g/mol. The van der Waals surface area contributed by atoms with Crippen LogP contribution in [0.5, 0.6) is 0 Å². The number of hydrogen-bond acceptors (Lipinski definition) is 7. The van der Waals surface area contributed by atoms with Gasteiger partial charge in [0.15, 0.2) is 5.13 Å². The molecule has 0 radical (unpaired) electrons. The number of thiazole rings is 1. The molecule has 3 aromatic rings. The van der Waals surface area contributed by atoms with Crippen molar-refractivity contribution in [2.75, 3.05) is 16.9 Å². The van der Waals surface area contributed by atoms with E-state index in [0.717, 1.165) is 29.5 Å². The largest absolute Gasteiger partial charge is 0.453 e. The number of nitrogens with zero attached hydrogens (tertiary/aromatic N) is 4. The molecule has 1 amide bonds. The van der Waals surface area contributed by atoms with Gasteiger partial charge in [-0.05, 0) is 18.2 Å². The minimum Gasteiger partial charge on any atom is -0.335 e. The van der Waals surface area contributed by atoms with E-state index in [-0.39, 0.29) is 32.0 Å². The van der Waals surface area contributed by atoms with Gasteiger partial charge in [0.05, 0.1) is 11.4 Å².